The fourth-order valence-electron chi connectivity index (χ4n) is 0.968. The number of hydrogen-bond donors (Lipinski definition) is 1. The third kappa shape index (κ3) is 5.82. The number of carbonyl (C=O) groups is 1. The van der Waals surface area contributed by atoms with Gasteiger partial charge in [-0.25, -0.2) is 0 Å². The van der Waals surface area contributed by atoms with Crippen LogP contribution < -0.4 is 5.43 Å². The number of hydrogen-bond acceptors (Lipinski definition) is 6. The van der Waals surface area contributed by atoms with Crippen molar-refractivity contribution >= 4 is 29.6 Å². The Morgan fingerprint density at radius 3 is 3.06 bits per heavy atom. The molecule has 1 rings (SSSR count). The molecular formula is C10H13ClN4O2. The average molecular weight is 257 g/mol. The van der Waals surface area contributed by atoms with Gasteiger partial charge >= 0.3 is 5.97 Å². The van der Waals surface area contributed by atoms with E-state index >= 15 is 0 Å². The number of halogens is 1. The van der Waals surface area contributed by atoms with Crippen molar-refractivity contribution in [3.8, 4) is 0 Å². The standard InChI is InChI=1S/C10H13ClN4O2/c1-2-17-10(16)4-3-7-12-14-9-6-5-8(11)13-15-9/h5-7H,2-4H2,1H3,(H,14,15). The lowest BCUT2D eigenvalue weighted by Crippen LogP contribution is -2.03. The van der Waals surface area contributed by atoms with Crippen LogP contribution in [0.5, 0.6) is 0 Å². The molecule has 0 saturated heterocycles. The molecule has 0 aliphatic heterocycles. The van der Waals surface area contributed by atoms with Gasteiger partial charge < -0.3 is 4.74 Å². The van der Waals surface area contributed by atoms with Crippen molar-refractivity contribution in [1.82, 2.24) is 10.2 Å². The quantitative estimate of drug-likeness (QED) is 0.478. The number of nitrogens with one attached hydrogen (secondary N) is 1. The van der Waals surface area contributed by atoms with E-state index in [9.17, 15) is 4.79 Å². The van der Waals surface area contributed by atoms with Gasteiger partial charge in [-0.1, -0.05) is 11.6 Å². The molecule has 0 bridgehead atoms. The van der Waals surface area contributed by atoms with Gasteiger partial charge in [-0.15, -0.1) is 10.2 Å². The maximum atomic E-state index is 11.0. The molecule has 0 radical (unpaired) electrons. The fraction of sp³-hybridized carbons (Fsp3) is 0.400. The van der Waals surface area contributed by atoms with Crippen LogP contribution in [0.25, 0.3) is 0 Å². The maximum absolute atomic E-state index is 11.0. The summed E-state index contributed by atoms with van der Waals surface area (Å²) >= 11 is 5.57. The normalized spacial score (nSPS) is 10.5. The second-order valence-electron chi connectivity index (χ2n) is 3.01. The molecule has 0 saturated carbocycles. The lowest BCUT2D eigenvalue weighted by Gasteiger charge is -1.98. The first-order valence-electron chi connectivity index (χ1n) is 5.14. The van der Waals surface area contributed by atoms with Gasteiger partial charge in [0.1, 0.15) is 0 Å². The Labute approximate surface area is 104 Å². The van der Waals surface area contributed by atoms with E-state index in [1.807, 2.05) is 0 Å². The van der Waals surface area contributed by atoms with E-state index in [0.29, 0.717) is 30.4 Å². The lowest BCUT2D eigenvalue weighted by molar-refractivity contribution is -0.142. The topological polar surface area (TPSA) is 76.5 Å². The van der Waals surface area contributed by atoms with Crippen LogP contribution in [0, 0.1) is 0 Å². The number of ether oxygens (including phenoxy) is 1. The summed E-state index contributed by atoms with van der Waals surface area (Å²) in [6.45, 7) is 2.17. The molecule has 1 heterocycles. The minimum atomic E-state index is -0.231. The molecule has 0 aliphatic rings. The van der Waals surface area contributed by atoms with Crippen LogP contribution in [0.3, 0.4) is 0 Å². The molecule has 0 aromatic carbocycles. The summed E-state index contributed by atoms with van der Waals surface area (Å²) in [7, 11) is 0. The molecule has 0 unspecified atom stereocenters. The maximum Gasteiger partial charge on any atom is 0.306 e. The van der Waals surface area contributed by atoms with Crippen LogP contribution >= 0.6 is 11.6 Å². The Morgan fingerprint density at radius 2 is 2.41 bits per heavy atom. The van der Waals surface area contributed by atoms with Crippen LogP contribution in [-0.4, -0.2) is 29.0 Å². The number of hydrazone groups is 1. The Balaban J connectivity index is 2.22. The van der Waals surface area contributed by atoms with Crippen molar-refractivity contribution in [1.29, 1.82) is 0 Å². The highest BCUT2D eigenvalue weighted by atomic mass is 35.5. The van der Waals surface area contributed by atoms with Crippen LogP contribution in [-0.2, 0) is 9.53 Å². The van der Waals surface area contributed by atoms with Crippen LogP contribution in [0.4, 0.5) is 5.82 Å². The Hall–Kier alpha value is -1.69. The summed E-state index contributed by atoms with van der Waals surface area (Å²) in [6.07, 6.45) is 2.39. The fourth-order valence-corrected chi connectivity index (χ4v) is 1.07. The van der Waals surface area contributed by atoms with Crippen molar-refractivity contribution in [2.24, 2.45) is 5.10 Å². The summed E-state index contributed by atoms with van der Waals surface area (Å²) in [6, 6.07) is 3.25. The highest BCUT2D eigenvalue weighted by molar-refractivity contribution is 6.29. The predicted octanol–water partition coefficient (Wildman–Crippen LogP) is 1.87. The zero-order valence-corrected chi connectivity index (χ0v) is 10.1. The van der Waals surface area contributed by atoms with E-state index in [1.54, 1.807) is 25.3 Å². The van der Waals surface area contributed by atoms with Crippen molar-refractivity contribution in [3.05, 3.63) is 17.3 Å². The van der Waals surface area contributed by atoms with E-state index < -0.39 is 0 Å². The van der Waals surface area contributed by atoms with Crippen molar-refractivity contribution in [3.63, 3.8) is 0 Å². The minimum absolute atomic E-state index is 0.231. The van der Waals surface area contributed by atoms with Gasteiger partial charge in [-0.2, -0.15) is 5.10 Å². The lowest BCUT2D eigenvalue weighted by atomic mass is 10.3. The van der Waals surface area contributed by atoms with Gasteiger partial charge in [-0.05, 0) is 25.5 Å². The van der Waals surface area contributed by atoms with Gasteiger partial charge in [0, 0.05) is 6.21 Å². The molecular weight excluding hydrogens is 244 g/mol. The van der Waals surface area contributed by atoms with E-state index in [-0.39, 0.29) is 5.97 Å². The summed E-state index contributed by atoms with van der Waals surface area (Å²) in [5, 5.41) is 11.6. The average Bonchev–Trinajstić information content (AvgIpc) is 2.31. The highest BCUT2D eigenvalue weighted by Crippen LogP contribution is 2.05. The summed E-state index contributed by atoms with van der Waals surface area (Å²) in [5.74, 6) is 0.256. The van der Waals surface area contributed by atoms with Gasteiger partial charge in [0.15, 0.2) is 11.0 Å². The molecule has 7 heteroatoms. The Morgan fingerprint density at radius 1 is 1.59 bits per heavy atom. The second-order valence-corrected chi connectivity index (χ2v) is 3.40. The molecule has 0 amide bonds. The van der Waals surface area contributed by atoms with Crippen molar-refractivity contribution < 1.29 is 9.53 Å². The van der Waals surface area contributed by atoms with Crippen molar-refractivity contribution in [2.75, 3.05) is 12.0 Å². The third-order valence-corrected chi connectivity index (χ3v) is 1.89. The molecule has 1 aromatic rings. The molecule has 92 valence electrons. The number of nitrogens with zero attached hydrogens (tertiary/aromatic N) is 3. The van der Waals surface area contributed by atoms with E-state index in [1.165, 1.54) is 0 Å². The van der Waals surface area contributed by atoms with E-state index in [4.69, 9.17) is 16.3 Å². The molecule has 1 aromatic heterocycles. The molecule has 0 atom stereocenters. The SMILES string of the molecule is CCOC(=O)CCC=NNc1ccc(Cl)nn1. The van der Waals surface area contributed by atoms with Gasteiger partial charge in [0.2, 0.25) is 0 Å². The Kier molecular flexibility index (Phi) is 5.95. The van der Waals surface area contributed by atoms with Crippen molar-refractivity contribution in [2.45, 2.75) is 19.8 Å². The minimum Gasteiger partial charge on any atom is -0.466 e. The van der Waals surface area contributed by atoms with Crippen LogP contribution in [0.2, 0.25) is 5.15 Å². The first-order chi connectivity index (χ1) is 8.22. The number of anilines is 1. The molecule has 0 spiro atoms. The first-order valence-corrected chi connectivity index (χ1v) is 5.52. The van der Waals surface area contributed by atoms with Gasteiger partial charge in [0.25, 0.3) is 0 Å². The van der Waals surface area contributed by atoms with Gasteiger partial charge in [0.05, 0.1) is 13.0 Å². The largest absolute Gasteiger partial charge is 0.466 e. The third-order valence-electron chi connectivity index (χ3n) is 1.69. The number of esters is 1. The van der Waals surface area contributed by atoms with Crippen LogP contribution in [0.15, 0.2) is 17.2 Å². The molecule has 6 nitrogen and oxygen atoms in total. The predicted molar refractivity (Wildman–Crippen MR) is 65.0 cm³/mol. The molecule has 0 fully saturated rings. The summed E-state index contributed by atoms with van der Waals surface area (Å²) in [4.78, 5) is 11.0. The number of rotatable bonds is 6. The van der Waals surface area contributed by atoms with E-state index in [2.05, 4.69) is 20.7 Å². The van der Waals surface area contributed by atoms with E-state index in [0.717, 1.165) is 0 Å². The highest BCUT2D eigenvalue weighted by Gasteiger charge is 1.98. The zero-order chi connectivity index (χ0) is 12.5. The smallest absolute Gasteiger partial charge is 0.306 e. The molecule has 1 N–H and O–H groups in total. The summed E-state index contributed by atoms with van der Waals surface area (Å²) in [5.41, 5.74) is 2.66. The second kappa shape index (κ2) is 7.56. The summed E-state index contributed by atoms with van der Waals surface area (Å²) < 4.78 is 4.76. The number of carbonyl (C=O) groups excluding carboxylic acids is 1. The van der Waals surface area contributed by atoms with Gasteiger partial charge in [-0.3, -0.25) is 10.2 Å². The zero-order valence-electron chi connectivity index (χ0n) is 9.39. The Bertz CT molecular complexity index is 380. The van der Waals surface area contributed by atoms with Crippen LogP contribution in [0.1, 0.15) is 19.8 Å². The molecule has 17 heavy (non-hydrogen) atoms. The molecule has 0 aliphatic carbocycles. The monoisotopic (exact) mass is 256 g/mol. The number of aromatic nitrogens is 2. The first kappa shape index (κ1) is 13.4.